The minimum absolute atomic E-state index is 0. The normalized spacial score (nSPS) is 40.6. The molecule has 1 aliphatic rings. The Morgan fingerprint density at radius 3 is 2.00 bits per heavy atom. The lowest BCUT2D eigenvalue weighted by Gasteiger charge is -2.12. The van der Waals surface area contributed by atoms with Crippen molar-refractivity contribution in [3.63, 3.8) is 0 Å². The van der Waals surface area contributed by atoms with Crippen LogP contribution in [0.1, 0.15) is 6.42 Å². The molecule has 0 heterocycles. The molecule has 4 atom stereocenters. The summed E-state index contributed by atoms with van der Waals surface area (Å²) in [4.78, 5) is 10.4. The van der Waals surface area contributed by atoms with Crippen LogP contribution in [0.5, 0.6) is 0 Å². The predicted octanol–water partition coefficient (Wildman–Crippen LogP) is -1.44. The summed E-state index contributed by atoms with van der Waals surface area (Å²) in [6, 6.07) is -0.619. The minimum atomic E-state index is -1.22. The van der Waals surface area contributed by atoms with Crippen molar-refractivity contribution < 1.29 is 20.1 Å². The van der Waals surface area contributed by atoms with Gasteiger partial charge in [0.2, 0.25) is 0 Å². The van der Waals surface area contributed by atoms with E-state index in [-0.39, 0.29) is 18.8 Å². The predicted molar refractivity (Wildman–Crippen MR) is 43.0 cm³/mol. The molecule has 1 saturated carbocycles. The fourth-order valence-electron chi connectivity index (χ4n) is 1.31. The summed E-state index contributed by atoms with van der Waals surface area (Å²) in [6.45, 7) is 0. The first kappa shape index (κ1) is 11.6. The SMILES string of the molecule is Cl.NC1CC(C(=O)O)C(O)C1O. The third-order valence-electron chi connectivity index (χ3n) is 2.04. The molecule has 5 N–H and O–H groups in total. The number of nitrogens with two attached hydrogens (primary N) is 1. The van der Waals surface area contributed by atoms with E-state index in [1.807, 2.05) is 0 Å². The molecule has 0 radical (unpaired) electrons. The second-order valence-corrected chi connectivity index (χ2v) is 2.83. The van der Waals surface area contributed by atoms with Gasteiger partial charge in [0.05, 0.1) is 18.1 Å². The highest BCUT2D eigenvalue weighted by Crippen LogP contribution is 2.25. The number of carbonyl (C=O) groups is 1. The highest BCUT2D eigenvalue weighted by atomic mass is 35.5. The Hall–Kier alpha value is -0.360. The van der Waals surface area contributed by atoms with Crippen LogP contribution in [0.15, 0.2) is 0 Å². The minimum Gasteiger partial charge on any atom is -0.481 e. The van der Waals surface area contributed by atoms with Crippen molar-refractivity contribution in [1.29, 1.82) is 0 Å². The van der Waals surface area contributed by atoms with E-state index in [1.165, 1.54) is 0 Å². The number of carboxylic acid groups (broad SMARTS) is 1. The summed E-state index contributed by atoms with van der Waals surface area (Å²) in [5, 5.41) is 26.6. The summed E-state index contributed by atoms with van der Waals surface area (Å²) in [7, 11) is 0. The molecular weight excluding hydrogens is 186 g/mol. The van der Waals surface area contributed by atoms with Crippen molar-refractivity contribution in [1.82, 2.24) is 0 Å². The van der Waals surface area contributed by atoms with E-state index >= 15 is 0 Å². The quantitative estimate of drug-likeness (QED) is 0.412. The maximum atomic E-state index is 10.4. The van der Waals surface area contributed by atoms with E-state index in [2.05, 4.69) is 0 Å². The standard InChI is InChI=1S/C6H11NO4.ClH/c7-3-1-2(6(10)11)4(8)5(3)9;/h2-5,8-9H,1,7H2,(H,10,11);1H. The Morgan fingerprint density at radius 2 is 1.83 bits per heavy atom. The zero-order chi connectivity index (χ0) is 8.59. The average molecular weight is 198 g/mol. The Balaban J connectivity index is 0.00000121. The molecule has 0 aromatic heterocycles. The van der Waals surface area contributed by atoms with Crippen molar-refractivity contribution in [2.45, 2.75) is 24.7 Å². The Kier molecular flexibility index (Phi) is 3.92. The third-order valence-corrected chi connectivity index (χ3v) is 2.04. The first-order chi connectivity index (χ1) is 5.04. The molecular formula is C6H12ClNO4. The van der Waals surface area contributed by atoms with Crippen molar-refractivity contribution in [2.24, 2.45) is 11.7 Å². The molecule has 1 fully saturated rings. The molecule has 72 valence electrons. The van der Waals surface area contributed by atoms with Crippen LogP contribution in [0.2, 0.25) is 0 Å². The molecule has 0 spiro atoms. The monoisotopic (exact) mass is 197 g/mol. The van der Waals surface area contributed by atoms with E-state index in [0.717, 1.165) is 0 Å². The zero-order valence-electron chi connectivity index (χ0n) is 6.25. The van der Waals surface area contributed by atoms with E-state index in [9.17, 15) is 4.79 Å². The Bertz CT molecular complexity index is 177. The van der Waals surface area contributed by atoms with Gasteiger partial charge in [-0.1, -0.05) is 0 Å². The molecule has 1 aliphatic carbocycles. The van der Waals surface area contributed by atoms with E-state index < -0.39 is 30.1 Å². The lowest BCUT2D eigenvalue weighted by Crippen LogP contribution is -2.36. The maximum Gasteiger partial charge on any atom is 0.309 e. The van der Waals surface area contributed by atoms with Crippen LogP contribution in [0.25, 0.3) is 0 Å². The smallest absolute Gasteiger partial charge is 0.309 e. The van der Waals surface area contributed by atoms with Gasteiger partial charge >= 0.3 is 5.97 Å². The number of carboxylic acids is 1. The van der Waals surface area contributed by atoms with Gasteiger partial charge < -0.3 is 21.1 Å². The van der Waals surface area contributed by atoms with Crippen LogP contribution in [0.4, 0.5) is 0 Å². The van der Waals surface area contributed by atoms with E-state index in [1.54, 1.807) is 0 Å². The van der Waals surface area contributed by atoms with Crippen LogP contribution in [0, 0.1) is 5.92 Å². The molecule has 6 heteroatoms. The zero-order valence-corrected chi connectivity index (χ0v) is 7.07. The number of halogens is 1. The van der Waals surface area contributed by atoms with Crippen molar-refractivity contribution >= 4 is 18.4 Å². The van der Waals surface area contributed by atoms with Crippen LogP contribution in [-0.2, 0) is 4.79 Å². The lowest BCUT2D eigenvalue weighted by molar-refractivity contribution is -0.145. The molecule has 0 saturated heterocycles. The largest absolute Gasteiger partial charge is 0.481 e. The van der Waals surface area contributed by atoms with Crippen molar-refractivity contribution in [2.75, 3.05) is 0 Å². The lowest BCUT2D eigenvalue weighted by atomic mass is 10.1. The van der Waals surface area contributed by atoms with Gasteiger partial charge in [-0.25, -0.2) is 0 Å². The molecule has 12 heavy (non-hydrogen) atoms. The summed E-state index contributed by atoms with van der Waals surface area (Å²) in [6.07, 6.45) is -2.18. The number of hydrogen-bond acceptors (Lipinski definition) is 4. The first-order valence-corrected chi connectivity index (χ1v) is 3.38. The van der Waals surface area contributed by atoms with Gasteiger partial charge in [0.25, 0.3) is 0 Å². The highest BCUT2D eigenvalue weighted by Gasteiger charge is 2.43. The fourth-order valence-corrected chi connectivity index (χ4v) is 1.31. The summed E-state index contributed by atoms with van der Waals surface area (Å²) in [5.74, 6) is -2.02. The van der Waals surface area contributed by atoms with Gasteiger partial charge in [-0.2, -0.15) is 0 Å². The fraction of sp³-hybridized carbons (Fsp3) is 0.833. The Labute approximate surface area is 75.6 Å². The van der Waals surface area contributed by atoms with E-state index in [0.29, 0.717) is 0 Å². The summed E-state index contributed by atoms with van der Waals surface area (Å²) < 4.78 is 0. The van der Waals surface area contributed by atoms with E-state index in [4.69, 9.17) is 21.1 Å². The number of hydrogen-bond donors (Lipinski definition) is 4. The van der Waals surface area contributed by atoms with Crippen molar-refractivity contribution in [3.05, 3.63) is 0 Å². The van der Waals surface area contributed by atoms with Crippen molar-refractivity contribution in [3.8, 4) is 0 Å². The second kappa shape index (κ2) is 4.04. The number of rotatable bonds is 1. The van der Waals surface area contributed by atoms with Crippen LogP contribution in [-0.4, -0.2) is 39.5 Å². The first-order valence-electron chi connectivity index (χ1n) is 3.38. The molecule has 1 rings (SSSR count). The summed E-state index contributed by atoms with van der Waals surface area (Å²) >= 11 is 0. The highest BCUT2D eigenvalue weighted by molar-refractivity contribution is 5.85. The number of aliphatic hydroxyl groups is 2. The van der Waals surface area contributed by atoms with Crippen LogP contribution in [0.3, 0.4) is 0 Å². The number of aliphatic hydroxyl groups excluding tert-OH is 2. The molecule has 0 aromatic carbocycles. The molecule has 0 aromatic rings. The van der Waals surface area contributed by atoms with Crippen LogP contribution >= 0.6 is 12.4 Å². The maximum absolute atomic E-state index is 10.4. The van der Waals surface area contributed by atoms with Gasteiger partial charge in [0.1, 0.15) is 0 Å². The second-order valence-electron chi connectivity index (χ2n) is 2.83. The number of aliphatic carboxylic acids is 1. The van der Waals surface area contributed by atoms with Gasteiger partial charge in [-0.05, 0) is 6.42 Å². The topological polar surface area (TPSA) is 104 Å². The summed E-state index contributed by atoms with van der Waals surface area (Å²) in [5.41, 5.74) is 5.32. The third kappa shape index (κ3) is 1.87. The van der Waals surface area contributed by atoms with Crippen LogP contribution < -0.4 is 5.73 Å². The molecule has 5 nitrogen and oxygen atoms in total. The molecule has 0 aliphatic heterocycles. The average Bonchev–Trinajstić information content (AvgIpc) is 2.17. The molecule has 0 bridgehead atoms. The van der Waals surface area contributed by atoms with Gasteiger partial charge in [0.15, 0.2) is 0 Å². The van der Waals surface area contributed by atoms with Gasteiger partial charge in [-0.15, -0.1) is 12.4 Å². The van der Waals surface area contributed by atoms with Gasteiger partial charge in [0, 0.05) is 6.04 Å². The molecule has 4 unspecified atom stereocenters. The van der Waals surface area contributed by atoms with Gasteiger partial charge in [-0.3, -0.25) is 4.79 Å². The molecule has 0 amide bonds. The Morgan fingerprint density at radius 1 is 1.33 bits per heavy atom.